The number of unbranched alkanes of at least 4 members (excludes halogenated alkanes) is 4. The molecule has 1 fully saturated rings. The van der Waals surface area contributed by atoms with E-state index in [1.807, 2.05) is 24.3 Å². The summed E-state index contributed by atoms with van der Waals surface area (Å²) in [7, 11) is 1.64. The van der Waals surface area contributed by atoms with E-state index in [2.05, 4.69) is 21.7 Å². The Morgan fingerprint density at radius 2 is 2.00 bits per heavy atom. The molecule has 1 aliphatic rings. The second-order valence-electron chi connectivity index (χ2n) is 8.35. The molecule has 0 radical (unpaired) electrons. The lowest BCUT2D eigenvalue weighted by molar-refractivity contribution is 0.0170. The van der Waals surface area contributed by atoms with Crippen molar-refractivity contribution in [2.24, 2.45) is 0 Å². The molecule has 6 heteroatoms. The number of β-amino-alcohol motifs (C(OH)–C–C–N with tert-alkyl or cyclic N) is 1. The first-order chi connectivity index (χ1) is 14.7. The summed E-state index contributed by atoms with van der Waals surface area (Å²) in [6.45, 7) is 6.65. The molecule has 2 aromatic rings. The van der Waals surface area contributed by atoms with Crippen LogP contribution in [0.4, 0.5) is 0 Å². The summed E-state index contributed by atoms with van der Waals surface area (Å²) in [6, 6.07) is 7.78. The lowest BCUT2D eigenvalue weighted by Gasteiger charge is -2.41. The van der Waals surface area contributed by atoms with Crippen LogP contribution in [0.5, 0.6) is 5.75 Å². The maximum Gasteiger partial charge on any atom is 0.119 e. The van der Waals surface area contributed by atoms with E-state index >= 15 is 0 Å². The standard InChI is InChI=1S/C24H37N3O3/c1-3-4-5-6-7-12-27-14-13-26(16-19(27)18-28)17-24(29)21-10-11-25-23-9-8-20(30-2)15-22(21)23/h8-11,15,19,24,28-29H,3-7,12-14,16-18H2,1-2H3. The summed E-state index contributed by atoms with van der Waals surface area (Å²) in [5.41, 5.74) is 1.73. The van der Waals surface area contributed by atoms with Crippen molar-refractivity contribution >= 4 is 10.9 Å². The van der Waals surface area contributed by atoms with E-state index in [0.29, 0.717) is 6.54 Å². The van der Waals surface area contributed by atoms with Gasteiger partial charge in [-0.15, -0.1) is 0 Å². The van der Waals surface area contributed by atoms with Crippen LogP contribution < -0.4 is 4.74 Å². The number of nitrogens with zero attached hydrogens (tertiary/aromatic N) is 3. The molecule has 0 bridgehead atoms. The number of hydrogen-bond donors (Lipinski definition) is 2. The van der Waals surface area contributed by atoms with Gasteiger partial charge in [-0.2, -0.15) is 0 Å². The first kappa shape index (κ1) is 22.9. The van der Waals surface area contributed by atoms with Crippen molar-refractivity contribution in [3.05, 3.63) is 36.0 Å². The molecule has 2 heterocycles. The molecule has 2 atom stereocenters. The Hall–Kier alpha value is -1.73. The molecule has 1 aliphatic heterocycles. The summed E-state index contributed by atoms with van der Waals surface area (Å²) >= 11 is 0. The zero-order valence-corrected chi connectivity index (χ0v) is 18.5. The molecule has 2 unspecified atom stereocenters. The number of fused-ring (bicyclic) bond motifs is 1. The third-order valence-electron chi connectivity index (χ3n) is 6.22. The van der Waals surface area contributed by atoms with Gasteiger partial charge >= 0.3 is 0 Å². The molecule has 1 saturated heterocycles. The molecule has 30 heavy (non-hydrogen) atoms. The molecule has 3 rings (SSSR count). The van der Waals surface area contributed by atoms with Crippen LogP contribution in [-0.2, 0) is 0 Å². The molecule has 1 aromatic carbocycles. The fourth-order valence-corrected chi connectivity index (χ4v) is 4.42. The third-order valence-corrected chi connectivity index (χ3v) is 6.22. The summed E-state index contributed by atoms with van der Waals surface area (Å²) in [5, 5.41) is 21.8. The lowest BCUT2D eigenvalue weighted by atomic mass is 10.0. The normalized spacial score (nSPS) is 19.3. The van der Waals surface area contributed by atoms with E-state index in [4.69, 9.17) is 4.74 Å². The van der Waals surface area contributed by atoms with Crippen LogP contribution >= 0.6 is 0 Å². The van der Waals surface area contributed by atoms with Crippen LogP contribution in [0.3, 0.4) is 0 Å². The molecule has 2 N–H and O–H groups in total. The van der Waals surface area contributed by atoms with Gasteiger partial charge in [0.05, 0.1) is 25.3 Å². The first-order valence-corrected chi connectivity index (χ1v) is 11.3. The van der Waals surface area contributed by atoms with Gasteiger partial charge in [-0.1, -0.05) is 32.6 Å². The molecule has 0 amide bonds. The zero-order chi connectivity index (χ0) is 21.3. The molecular weight excluding hydrogens is 378 g/mol. The topological polar surface area (TPSA) is 69.1 Å². The highest BCUT2D eigenvalue weighted by molar-refractivity contribution is 5.83. The quantitative estimate of drug-likeness (QED) is 0.549. The van der Waals surface area contributed by atoms with Crippen LogP contribution in [-0.4, -0.2) is 77.5 Å². The second-order valence-corrected chi connectivity index (χ2v) is 8.35. The number of aliphatic hydroxyl groups excluding tert-OH is 2. The number of hydrogen-bond acceptors (Lipinski definition) is 6. The van der Waals surface area contributed by atoms with Crippen molar-refractivity contribution in [3.8, 4) is 5.75 Å². The highest BCUT2D eigenvalue weighted by Gasteiger charge is 2.27. The second kappa shape index (κ2) is 11.6. The number of ether oxygens (including phenoxy) is 1. The number of benzene rings is 1. The Morgan fingerprint density at radius 3 is 2.77 bits per heavy atom. The SMILES string of the molecule is CCCCCCCN1CCN(CC(O)c2ccnc3ccc(OC)cc23)CC1CO. The smallest absolute Gasteiger partial charge is 0.119 e. The first-order valence-electron chi connectivity index (χ1n) is 11.3. The molecule has 1 aromatic heterocycles. The van der Waals surface area contributed by atoms with Gasteiger partial charge in [-0.25, -0.2) is 0 Å². The number of aliphatic hydroxyl groups is 2. The predicted molar refractivity (Wildman–Crippen MR) is 121 cm³/mol. The van der Waals surface area contributed by atoms with Gasteiger partial charge in [0.1, 0.15) is 5.75 Å². The Morgan fingerprint density at radius 1 is 1.17 bits per heavy atom. The molecule has 0 saturated carbocycles. The summed E-state index contributed by atoms with van der Waals surface area (Å²) < 4.78 is 5.35. The lowest BCUT2D eigenvalue weighted by Crippen LogP contribution is -2.55. The number of rotatable bonds is 11. The van der Waals surface area contributed by atoms with E-state index in [9.17, 15) is 10.2 Å². The maximum atomic E-state index is 11.0. The monoisotopic (exact) mass is 415 g/mol. The number of piperazine rings is 1. The zero-order valence-electron chi connectivity index (χ0n) is 18.5. The Balaban J connectivity index is 1.59. The number of pyridine rings is 1. The summed E-state index contributed by atoms with van der Waals surface area (Å²) in [5.74, 6) is 0.761. The Labute approximate surface area is 180 Å². The van der Waals surface area contributed by atoms with Crippen molar-refractivity contribution in [3.63, 3.8) is 0 Å². The van der Waals surface area contributed by atoms with E-state index in [-0.39, 0.29) is 12.6 Å². The van der Waals surface area contributed by atoms with Gasteiger partial charge in [0.15, 0.2) is 0 Å². The highest BCUT2D eigenvalue weighted by Crippen LogP contribution is 2.27. The van der Waals surface area contributed by atoms with Crippen molar-refractivity contribution in [2.45, 2.75) is 51.2 Å². The third kappa shape index (κ3) is 5.91. The van der Waals surface area contributed by atoms with Crippen molar-refractivity contribution < 1.29 is 14.9 Å². The van der Waals surface area contributed by atoms with Crippen LogP contribution in [0.15, 0.2) is 30.5 Å². The average molecular weight is 416 g/mol. The predicted octanol–water partition coefficient (Wildman–Crippen LogP) is 3.23. The minimum atomic E-state index is -0.609. The number of aromatic nitrogens is 1. The van der Waals surface area contributed by atoms with Crippen LogP contribution in [0.2, 0.25) is 0 Å². The van der Waals surface area contributed by atoms with Crippen LogP contribution in [0.1, 0.15) is 50.7 Å². The van der Waals surface area contributed by atoms with Gasteiger partial charge < -0.3 is 14.9 Å². The minimum Gasteiger partial charge on any atom is -0.497 e. The van der Waals surface area contributed by atoms with Crippen molar-refractivity contribution in [2.75, 3.05) is 46.4 Å². The van der Waals surface area contributed by atoms with E-state index in [1.54, 1.807) is 13.3 Å². The Bertz CT molecular complexity index is 785. The van der Waals surface area contributed by atoms with Gasteiger partial charge in [0.25, 0.3) is 0 Å². The van der Waals surface area contributed by atoms with Crippen LogP contribution in [0.25, 0.3) is 10.9 Å². The Kier molecular flexibility index (Phi) is 8.88. The summed E-state index contributed by atoms with van der Waals surface area (Å²) in [4.78, 5) is 9.10. The fourth-order valence-electron chi connectivity index (χ4n) is 4.42. The fraction of sp³-hybridized carbons (Fsp3) is 0.625. The minimum absolute atomic E-state index is 0.145. The van der Waals surface area contributed by atoms with Gasteiger partial charge in [0.2, 0.25) is 0 Å². The molecule has 166 valence electrons. The largest absolute Gasteiger partial charge is 0.497 e. The molecular formula is C24H37N3O3. The van der Waals surface area contributed by atoms with E-state index < -0.39 is 6.10 Å². The van der Waals surface area contributed by atoms with E-state index in [1.165, 1.54) is 32.1 Å². The highest BCUT2D eigenvalue weighted by atomic mass is 16.5. The molecule has 0 spiro atoms. The summed E-state index contributed by atoms with van der Waals surface area (Å²) in [6.07, 6.45) is 7.48. The maximum absolute atomic E-state index is 11.0. The van der Waals surface area contributed by atoms with Gasteiger partial charge in [-0.3, -0.25) is 14.8 Å². The van der Waals surface area contributed by atoms with Crippen molar-refractivity contribution in [1.82, 2.24) is 14.8 Å². The van der Waals surface area contributed by atoms with Crippen LogP contribution in [0, 0.1) is 0 Å². The van der Waals surface area contributed by atoms with Gasteiger partial charge in [-0.05, 0) is 42.8 Å². The van der Waals surface area contributed by atoms with Gasteiger partial charge in [0, 0.05) is 43.8 Å². The number of methoxy groups -OCH3 is 1. The average Bonchev–Trinajstić information content (AvgIpc) is 2.78. The molecule has 6 nitrogen and oxygen atoms in total. The molecule has 0 aliphatic carbocycles. The van der Waals surface area contributed by atoms with E-state index in [0.717, 1.165) is 48.4 Å². The van der Waals surface area contributed by atoms with Crippen molar-refractivity contribution in [1.29, 1.82) is 0 Å².